The van der Waals surface area contributed by atoms with Gasteiger partial charge in [-0.2, -0.15) is 0 Å². The largest absolute Gasteiger partial charge is 0.491 e. The highest BCUT2D eigenvalue weighted by atomic mass is 16.6. The Bertz CT molecular complexity index is 534. The summed E-state index contributed by atoms with van der Waals surface area (Å²) in [6.45, 7) is 8.87. The smallest absolute Gasteiger partial charge is 0.408 e. The Labute approximate surface area is 130 Å². The molecule has 0 aliphatic rings. The molecule has 1 aromatic rings. The summed E-state index contributed by atoms with van der Waals surface area (Å²) in [5, 5.41) is 11.7. The van der Waals surface area contributed by atoms with E-state index in [4.69, 9.17) is 9.47 Å². The molecule has 0 unspecified atom stereocenters. The zero-order valence-corrected chi connectivity index (χ0v) is 13.5. The van der Waals surface area contributed by atoms with Crippen molar-refractivity contribution in [1.29, 1.82) is 0 Å². The Morgan fingerprint density at radius 1 is 1.23 bits per heavy atom. The Hall–Kier alpha value is -2.24. The van der Waals surface area contributed by atoms with Crippen LogP contribution >= 0.6 is 0 Å². The lowest BCUT2D eigenvalue weighted by Crippen LogP contribution is -2.38. The molecule has 6 heteroatoms. The summed E-state index contributed by atoms with van der Waals surface area (Å²) in [5.74, 6) is -0.628. The number of hydrogen-bond acceptors (Lipinski definition) is 4. The molecule has 0 fully saturated rings. The van der Waals surface area contributed by atoms with Crippen molar-refractivity contribution >= 4 is 12.1 Å². The molecule has 1 aromatic carbocycles. The van der Waals surface area contributed by atoms with E-state index in [2.05, 4.69) is 5.32 Å². The van der Waals surface area contributed by atoms with Crippen LogP contribution in [-0.4, -0.2) is 28.9 Å². The van der Waals surface area contributed by atoms with E-state index in [1.807, 2.05) is 13.8 Å². The number of hydrogen-bond donors (Lipinski definition) is 2. The lowest BCUT2D eigenvalue weighted by molar-refractivity contribution is -0.139. The molecule has 6 nitrogen and oxygen atoms in total. The number of carboxylic acids is 1. The van der Waals surface area contributed by atoms with E-state index in [1.165, 1.54) is 0 Å². The highest BCUT2D eigenvalue weighted by molar-refractivity contribution is 5.81. The van der Waals surface area contributed by atoms with Gasteiger partial charge in [-0.05, 0) is 52.3 Å². The minimum absolute atomic E-state index is 0.0302. The molecule has 0 aliphatic heterocycles. The fourth-order valence-corrected chi connectivity index (χ4v) is 1.75. The maximum absolute atomic E-state index is 11.8. The molecule has 1 atom stereocenters. The molecule has 2 N–H and O–H groups in total. The van der Waals surface area contributed by atoms with Crippen molar-refractivity contribution in [3.8, 4) is 5.75 Å². The molecule has 22 heavy (non-hydrogen) atoms. The number of carboxylic acid groups (broad SMARTS) is 1. The van der Waals surface area contributed by atoms with Gasteiger partial charge in [0.2, 0.25) is 0 Å². The highest BCUT2D eigenvalue weighted by Crippen LogP contribution is 2.21. The van der Waals surface area contributed by atoms with Gasteiger partial charge in [0.15, 0.2) is 6.04 Å². The van der Waals surface area contributed by atoms with E-state index in [1.54, 1.807) is 45.0 Å². The fourth-order valence-electron chi connectivity index (χ4n) is 1.75. The van der Waals surface area contributed by atoms with Crippen LogP contribution in [0.15, 0.2) is 24.3 Å². The molecule has 122 valence electrons. The minimum Gasteiger partial charge on any atom is -0.491 e. The number of benzene rings is 1. The fraction of sp³-hybridized carbons (Fsp3) is 0.500. The second-order valence-corrected chi connectivity index (χ2v) is 6.16. The van der Waals surface area contributed by atoms with Gasteiger partial charge in [-0.3, -0.25) is 0 Å². The maximum Gasteiger partial charge on any atom is 0.408 e. The van der Waals surface area contributed by atoms with E-state index in [0.717, 1.165) is 0 Å². The van der Waals surface area contributed by atoms with Gasteiger partial charge in [0.1, 0.15) is 11.4 Å². The maximum atomic E-state index is 11.8. The molecule has 0 saturated carbocycles. The third kappa shape index (κ3) is 6.03. The second-order valence-electron chi connectivity index (χ2n) is 6.16. The molecule has 0 heterocycles. The number of rotatable bonds is 5. The second kappa shape index (κ2) is 7.15. The average molecular weight is 309 g/mol. The van der Waals surface area contributed by atoms with E-state index < -0.39 is 23.7 Å². The summed E-state index contributed by atoms with van der Waals surface area (Å²) in [7, 11) is 0. The van der Waals surface area contributed by atoms with E-state index in [0.29, 0.717) is 11.3 Å². The van der Waals surface area contributed by atoms with Gasteiger partial charge in [-0.1, -0.05) is 12.1 Å². The standard InChI is InChI=1S/C16H23NO5/c1-10(2)21-12-8-6-7-11(9-12)13(14(18)19)17-15(20)22-16(3,4)5/h6-10,13H,1-5H3,(H,17,20)(H,18,19)/t13-/m1/s1. The predicted octanol–water partition coefficient (Wildman–Crippen LogP) is 3.12. The molecule has 1 amide bonds. The van der Waals surface area contributed by atoms with Gasteiger partial charge in [0.25, 0.3) is 0 Å². The van der Waals surface area contributed by atoms with Crippen LogP contribution in [-0.2, 0) is 9.53 Å². The lowest BCUT2D eigenvalue weighted by Gasteiger charge is -2.22. The van der Waals surface area contributed by atoms with Gasteiger partial charge in [-0.15, -0.1) is 0 Å². The molecular weight excluding hydrogens is 286 g/mol. The number of ether oxygens (including phenoxy) is 2. The predicted molar refractivity (Wildman–Crippen MR) is 82.0 cm³/mol. The number of aliphatic carboxylic acids is 1. The van der Waals surface area contributed by atoms with Crippen molar-refractivity contribution in [3.63, 3.8) is 0 Å². The topological polar surface area (TPSA) is 84.9 Å². The van der Waals surface area contributed by atoms with Crippen molar-refractivity contribution in [2.45, 2.75) is 52.4 Å². The van der Waals surface area contributed by atoms with Crippen molar-refractivity contribution in [3.05, 3.63) is 29.8 Å². The summed E-state index contributed by atoms with van der Waals surface area (Å²) in [5.41, 5.74) is -0.285. The summed E-state index contributed by atoms with van der Waals surface area (Å²) < 4.78 is 10.6. The van der Waals surface area contributed by atoms with Crippen LogP contribution in [0.25, 0.3) is 0 Å². The van der Waals surface area contributed by atoms with Gasteiger partial charge < -0.3 is 19.9 Å². The number of carbonyl (C=O) groups is 2. The van der Waals surface area contributed by atoms with Gasteiger partial charge in [0.05, 0.1) is 6.10 Å². The first-order valence-corrected chi connectivity index (χ1v) is 7.07. The summed E-state index contributed by atoms with van der Waals surface area (Å²) >= 11 is 0. The molecule has 1 rings (SSSR count). The van der Waals surface area contributed by atoms with Crippen molar-refractivity contribution < 1.29 is 24.2 Å². The van der Waals surface area contributed by atoms with Crippen LogP contribution < -0.4 is 10.1 Å². The molecular formula is C16H23NO5. The Morgan fingerprint density at radius 3 is 2.36 bits per heavy atom. The van der Waals surface area contributed by atoms with Crippen LogP contribution in [0.1, 0.15) is 46.2 Å². The summed E-state index contributed by atoms with van der Waals surface area (Å²) in [4.78, 5) is 23.2. The van der Waals surface area contributed by atoms with Crippen LogP contribution in [0.2, 0.25) is 0 Å². The third-order valence-electron chi connectivity index (χ3n) is 2.47. The van der Waals surface area contributed by atoms with E-state index in [9.17, 15) is 14.7 Å². The monoisotopic (exact) mass is 309 g/mol. The van der Waals surface area contributed by atoms with Gasteiger partial charge in [-0.25, -0.2) is 9.59 Å². The van der Waals surface area contributed by atoms with E-state index >= 15 is 0 Å². The zero-order valence-electron chi connectivity index (χ0n) is 13.5. The molecule has 0 bridgehead atoms. The third-order valence-corrected chi connectivity index (χ3v) is 2.47. The van der Waals surface area contributed by atoms with Crippen molar-refractivity contribution in [2.75, 3.05) is 0 Å². The van der Waals surface area contributed by atoms with Crippen LogP contribution in [0.3, 0.4) is 0 Å². The molecule has 0 saturated heterocycles. The summed E-state index contributed by atoms with van der Waals surface area (Å²) in [6, 6.07) is 5.42. The summed E-state index contributed by atoms with van der Waals surface area (Å²) in [6.07, 6.45) is -0.813. The van der Waals surface area contributed by atoms with Gasteiger partial charge >= 0.3 is 12.1 Å². The highest BCUT2D eigenvalue weighted by Gasteiger charge is 2.25. The average Bonchev–Trinajstić information content (AvgIpc) is 2.33. The Balaban J connectivity index is 2.92. The first kappa shape index (κ1) is 17.8. The SMILES string of the molecule is CC(C)Oc1cccc([C@@H](NC(=O)OC(C)(C)C)C(=O)O)c1. The van der Waals surface area contributed by atoms with Crippen LogP contribution in [0.5, 0.6) is 5.75 Å². The first-order chi connectivity index (χ1) is 10.1. The molecule has 0 aromatic heterocycles. The number of amides is 1. The Kier molecular flexibility index (Phi) is 5.79. The molecule has 0 aliphatic carbocycles. The first-order valence-electron chi connectivity index (χ1n) is 7.07. The lowest BCUT2D eigenvalue weighted by atomic mass is 10.1. The molecule has 0 radical (unpaired) electrons. The molecule has 0 spiro atoms. The van der Waals surface area contributed by atoms with Crippen molar-refractivity contribution in [2.24, 2.45) is 0 Å². The normalized spacial score (nSPS) is 12.6. The van der Waals surface area contributed by atoms with E-state index in [-0.39, 0.29) is 6.10 Å². The van der Waals surface area contributed by atoms with Crippen LogP contribution in [0.4, 0.5) is 4.79 Å². The number of alkyl carbamates (subject to hydrolysis) is 1. The number of nitrogens with one attached hydrogen (secondary N) is 1. The Morgan fingerprint density at radius 2 is 1.86 bits per heavy atom. The zero-order chi connectivity index (χ0) is 16.9. The van der Waals surface area contributed by atoms with Gasteiger partial charge in [0, 0.05) is 0 Å². The quantitative estimate of drug-likeness (QED) is 0.873. The number of carbonyl (C=O) groups excluding carboxylic acids is 1. The van der Waals surface area contributed by atoms with Crippen molar-refractivity contribution in [1.82, 2.24) is 5.32 Å². The van der Waals surface area contributed by atoms with Crippen LogP contribution in [0, 0.1) is 0 Å². The minimum atomic E-state index is -1.20.